The van der Waals surface area contributed by atoms with Crippen molar-refractivity contribution in [3.05, 3.63) is 63.2 Å². The summed E-state index contributed by atoms with van der Waals surface area (Å²) in [5.74, 6) is -0.0567. The Hall–Kier alpha value is -1.40. The van der Waals surface area contributed by atoms with Crippen LogP contribution in [0.15, 0.2) is 48.5 Å². The fraction of sp³-hybridized carbons (Fsp3) is 0.316. The van der Waals surface area contributed by atoms with Gasteiger partial charge in [0, 0.05) is 15.8 Å². The zero-order chi connectivity index (χ0) is 16.1. The van der Waals surface area contributed by atoms with Crippen LogP contribution < -0.4 is 5.32 Å². The van der Waals surface area contributed by atoms with E-state index in [-0.39, 0.29) is 5.91 Å². The molecule has 23 heavy (non-hydrogen) atoms. The van der Waals surface area contributed by atoms with Gasteiger partial charge in [-0.2, -0.15) is 0 Å². The lowest BCUT2D eigenvalue weighted by molar-refractivity contribution is 0.102. The highest BCUT2D eigenvalue weighted by molar-refractivity contribution is 14.1. The van der Waals surface area contributed by atoms with Crippen molar-refractivity contribution in [3.63, 3.8) is 0 Å². The van der Waals surface area contributed by atoms with Crippen molar-refractivity contribution in [2.45, 2.75) is 25.8 Å². The standard InChI is InChI=1S/C19H21IN2O/c20-18-7-3-2-6-17(18)19(23)21-16-10-8-15(9-11-16)14-22-12-4-1-5-13-22/h2-3,6-11H,1,4-5,12-14H2,(H,21,23). The number of likely N-dealkylation sites (tertiary alicyclic amines) is 1. The number of carbonyl (C=O) groups is 1. The van der Waals surface area contributed by atoms with Crippen molar-refractivity contribution in [1.82, 2.24) is 4.90 Å². The van der Waals surface area contributed by atoms with Gasteiger partial charge < -0.3 is 5.32 Å². The van der Waals surface area contributed by atoms with Crippen molar-refractivity contribution >= 4 is 34.2 Å². The normalized spacial score (nSPS) is 15.3. The molecule has 1 heterocycles. The summed E-state index contributed by atoms with van der Waals surface area (Å²) in [6.07, 6.45) is 3.98. The van der Waals surface area contributed by atoms with E-state index >= 15 is 0 Å². The van der Waals surface area contributed by atoms with Crippen LogP contribution in [-0.4, -0.2) is 23.9 Å². The molecule has 1 N–H and O–H groups in total. The SMILES string of the molecule is O=C(Nc1ccc(CN2CCCCC2)cc1)c1ccccc1I. The number of anilines is 1. The maximum absolute atomic E-state index is 12.3. The maximum Gasteiger partial charge on any atom is 0.256 e. The van der Waals surface area contributed by atoms with E-state index in [2.05, 4.69) is 44.9 Å². The molecule has 4 heteroatoms. The van der Waals surface area contributed by atoms with E-state index in [0.29, 0.717) is 5.56 Å². The first-order valence-electron chi connectivity index (χ1n) is 8.09. The highest BCUT2D eigenvalue weighted by Crippen LogP contribution is 2.17. The molecule has 0 spiro atoms. The van der Waals surface area contributed by atoms with Gasteiger partial charge in [-0.25, -0.2) is 0 Å². The van der Waals surface area contributed by atoms with Crippen LogP contribution in [0.5, 0.6) is 0 Å². The summed E-state index contributed by atoms with van der Waals surface area (Å²) in [6.45, 7) is 3.40. The summed E-state index contributed by atoms with van der Waals surface area (Å²) in [5, 5.41) is 2.97. The van der Waals surface area contributed by atoms with Crippen molar-refractivity contribution in [2.24, 2.45) is 0 Å². The number of hydrogen-bond acceptors (Lipinski definition) is 2. The monoisotopic (exact) mass is 420 g/mol. The first-order valence-corrected chi connectivity index (χ1v) is 9.17. The molecular formula is C19H21IN2O. The average Bonchev–Trinajstić information content (AvgIpc) is 2.58. The largest absolute Gasteiger partial charge is 0.322 e. The molecule has 0 atom stereocenters. The van der Waals surface area contributed by atoms with Gasteiger partial charge in [0.15, 0.2) is 0 Å². The lowest BCUT2D eigenvalue weighted by Crippen LogP contribution is -2.29. The third-order valence-electron chi connectivity index (χ3n) is 4.19. The van der Waals surface area contributed by atoms with E-state index in [9.17, 15) is 4.79 Å². The average molecular weight is 420 g/mol. The number of halogens is 1. The second-order valence-electron chi connectivity index (χ2n) is 5.97. The van der Waals surface area contributed by atoms with Gasteiger partial charge in [-0.15, -0.1) is 0 Å². The first kappa shape index (κ1) is 16.5. The molecule has 120 valence electrons. The van der Waals surface area contributed by atoms with Crippen LogP contribution >= 0.6 is 22.6 Å². The lowest BCUT2D eigenvalue weighted by atomic mass is 10.1. The zero-order valence-corrected chi connectivity index (χ0v) is 15.3. The van der Waals surface area contributed by atoms with E-state index in [4.69, 9.17) is 0 Å². The molecule has 2 aromatic rings. The van der Waals surface area contributed by atoms with Crippen LogP contribution in [0.1, 0.15) is 35.2 Å². The lowest BCUT2D eigenvalue weighted by Gasteiger charge is -2.26. The van der Waals surface area contributed by atoms with Crippen LogP contribution in [0.3, 0.4) is 0 Å². The Labute approximate surface area is 151 Å². The van der Waals surface area contributed by atoms with Crippen molar-refractivity contribution in [2.75, 3.05) is 18.4 Å². The Morgan fingerprint density at radius 1 is 1.00 bits per heavy atom. The quantitative estimate of drug-likeness (QED) is 0.738. The van der Waals surface area contributed by atoms with E-state index in [0.717, 1.165) is 15.8 Å². The number of hydrogen-bond donors (Lipinski definition) is 1. The molecule has 1 fully saturated rings. The molecule has 3 nitrogen and oxygen atoms in total. The molecule has 1 aliphatic rings. The number of nitrogens with zero attached hydrogens (tertiary/aromatic N) is 1. The molecule has 1 aliphatic heterocycles. The van der Waals surface area contributed by atoms with Gasteiger partial charge in [0.2, 0.25) is 0 Å². The van der Waals surface area contributed by atoms with Gasteiger partial charge in [0.05, 0.1) is 5.56 Å². The molecule has 2 aromatic carbocycles. The molecule has 0 aliphatic carbocycles. The minimum atomic E-state index is -0.0567. The molecule has 0 saturated carbocycles. The fourth-order valence-corrected chi connectivity index (χ4v) is 3.55. The van der Waals surface area contributed by atoms with Crippen LogP contribution in [-0.2, 0) is 6.54 Å². The van der Waals surface area contributed by atoms with Gasteiger partial charge in [-0.05, 0) is 78.4 Å². The molecule has 1 amide bonds. The number of nitrogens with one attached hydrogen (secondary N) is 1. The van der Waals surface area contributed by atoms with Crippen molar-refractivity contribution < 1.29 is 4.79 Å². The Morgan fingerprint density at radius 3 is 2.39 bits per heavy atom. The summed E-state index contributed by atoms with van der Waals surface area (Å²) < 4.78 is 0.962. The van der Waals surface area contributed by atoms with Crippen LogP contribution in [0.25, 0.3) is 0 Å². The van der Waals surface area contributed by atoms with Gasteiger partial charge in [-0.3, -0.25) is 9.69 Å². The van der Waals surface area contributed by atoms with Crippen LogP contribution in [0, 0.1) is 3.57 Å². The van der Waals surface area contributed by atoms with Crippen molar-refractivity contribution in [1.29, 1.82) is 0 Å². The third-order valence-corrected chi connectivity index (χ3v) is 5.13. The minimum Gasteiger partial charge on any atom is -0.322 e. The predicted molar refractivity (Wildman–Crippen MR) is 103 cm³/mol. The second kappa shape index (κ2) is 7.93. The third kappa shape index (κ3) is 4.54. The van der Waals surface area contributed by atoms with Gasteiger partial charge in [0.25, 0.3) is 5.91 Å². The highest BCUT2D eigenvalue weighted by atomic mass is 127. The Kier molecular flexibility index (Phi) is 5.67. The zero-order valence-electron chi connectivity index (χ0n) is 13.1. The predicted octanol–water partition coefficient (Wildman–Crippen LogP) is 4.53. The number of amides is 1. The molecule has 1 saturated heterocycles. The smallest absolute Gasteiger partial charge is 0.256 e. The fourth-order valence-electron chi connectivity index (χ4n) is 2.91. The Morgan fingerprint density at radius 2 is 1.70 bits per heavy atom. The van der Waals surface area contributed by atoms with E-state index in [1.807, 2.05) is 36.4 Å². The maximum atomic E-state index is 12.3. The Balaban J connectivity index is 1.61. The molecule has 3 rings (SSSR count). The Bertz CT molecular complexity index is 663. The topological polar surface area (TPSA) is 32.3 Å². The molecule has 0 aromatic heterocycles. The number of carbonyl (C=O) groups excluding carboxylic acids is 1. The first-order chi connectivity index (χ1) is 11.2. The van der Waals surface area contributed by atoms with Crippen LogP contribution in [0.2, 0.25) is 0 Å². The van der Waals surface area contributed by atoms with Gasteiger partial charge in [-0.1, -0.05) is 30.7 Å². The summed E-state index contributed by atoms with van der Waals surface area (Å²) >= 11 is 2.19. The van der Waals surface area contributed by atoms with Gasteiger partial charge >= 0.3 is 0 Å². The molecule has 0 unspecified atom stereocenters. The van der Waals surface area contributed by atoms with E-state index in [1.165, 1.54) is 37.9 Å². The number of piperidine rings is 1. The summed E-state index contributed by atoms with van der Waals surface area (Å²) in [7, 11) is 0. The molecule has 0 bridgehead atoms. The number of benzene rings is 2. The second-order valence-corrected chi connectivity index (χ2v) is 7.13. The highest BCUT2D eigenvalue weighted by Gasteiger charge is 2.11. The molecular weight excluding hydrogens is 399 g/mol. The van der Waals surface area contributed by atoms with Crippen molar-refractivity contribution in [3.8, 4) is 0 Å². The minimum absolute atomic E-state index is 0.0567. The van der Waals surface area contributed by atoms with E-state index < -0.39 is 0 Å². The molecule has 0 radical (unpaired) electrons. The summed E-state index contributed by atoms with van der Waals surface area (Å²) in [4.78, 5) is 14.8. The van der Waals surface area contributed by atoms with Crippen LogP contribution in [0.4, 0.5) is 5.69 Å². The number of rotatable bonds is 4. The summed E-state index contributed by atoms with van der Waals surface area (Å²) in [6, 6.07) is 15.8. The van der Waals surface area contributed by atoms with E-state index in [1.54, 1.807) is 0 Å². The van der Waals surface area contributed by atoms with Gasteiger partial charge in [0.1, 0.15) is 0 Å². The summed E-state index contributed by atoms with van der Waals surface area (Å²) in [5.41, 5.74) is 2.86.